The Hall–Kier alpha value is -2.79. The molecule has 0 amide bonds. The minimum absolute atomic E-state index is 0.337. The van der Waals surface area contributed by atoms with Crippen LogP contribution in [0.4, 0.5) is 0 Å². The Morgan fingerprint density at radius 2 is 1.85 bits per heavy atom. The van der Waals surface area contributed by atoms with Gasteiger partial charge in [0.15, 0.2) is 0 Å². The van der Waals surface area contributed by atoms with Crippen molar-refractivity contribution < 1.29 is 4.21 Å². The molecule has 134 valence electrons. The zero-order valence-corrected chi connectivity index (χ0v) is 15.8. The van der Waals surface area contributed by atoms with Crippen molar-refractivity contribution in [1.82, 2.24) is 14.5 Å². The molecule has 4 aromatic rings. The van der Waals surface area contributed by atoms with E-state index in [1.807, 2.05) is 12.1 Å². The monoisotopic (exact) mass is 373 g/mol. The third-order valence-electron chi connectivity index (χ3n) is 5.26. The highest BCUT2D eigenvalue weighted by Crippen LogP contribution is 2.36. The van der Waals surface area contributed by atoms with E-state index in [-0.39, 0.29) is 0 Å². The maximum absolute atomic E-state index is 11.6. The first kappa shape index (κ1) is 16.4. The lowest BCUT2D eigenvalue weighted by atomic mass is 10.0. The van der Waals surface area contributed by atoms with Crippen LogP contribution in [0.3, 0.4) is 0 Å². The van der Waals surface area contributed by atoms with Crippen molar-refractivity contribution in [2.45, 2.75) is 23.9 Å². The number of nitrogens with zero attached hydrogens (tertiary/aromatic N) is 3. The Bertz CT molecular complexity index is 1150. The molecular formula is C22H19N3OS. The van der Waals surface area contributed by atoms with Crippen LogP contribution in [0.25, 0.3) is 22.2 Å². The summed E-state index contributed by atoms with van der Waals surface area (Å²) >= 11 is 0. The molecule has 0 fully saturated rings. The Morgan fingerprint density at radius 1 is 1.04 bits per heavy atom. The van der Waals surface area contributed by atoms with Crippen LogP contribution in [0, 0.1) is 0 Å². The number of aryl methyl sites for hydroxylation is 1. The van der Waals surface area contributed by atoms with Gasteiger partial charge in [0.05, 0.1) is 27.9 Å². The van der Waals surface area contributed by atoms with E-state index in [2.05, 4.69) is 58.1 Å². The predicted octanol–water partition coefficient (Wildman–Crippen LogP) is 4.37. The van der Waals surface area contributed by atoms with Crippen molar-refractivity contribution in [3.05, 3.63) is 78.2 Å². The molecule has 2 aromatic carbocycles. The Labute approximate surface area is 160 Å². The first-order valence-electron chi connectivity index (χ1n) is 9.06. The summed E-state index contributed by atoms with van der Waals surface area (Å²) in [6.07, 6.45) is 5.54. The molecule has 27 heavy (non-hydrogen) atoms. The average molecular weight is 373 g/mol. The number of hydrogen-bond acceptors (Lipinski definition) is 3. The normalized spacial score (nSPS) is 17.1. The molecule has 0 saturated heterocycles. The summed E-state index contributed by atoms with van der Waals surface area (Å²) in [4.78, 5) is 9.18. The van der Waals surface area contributed by atoms with E-state index in [1.165, 1.54) is 5.56 Å². The van der Waals surface area contributed by atoms with Crippen LogP contribution in [-0.2, 0) is 17.2 Å². The van der Waals surface area contributed by atoms with Crippen LogP contribution in [-0.4, -0.2) is 25.0 Å². The molecule has 4 nitrogen and oxygen atoms in total. The Kier molecular flexibility index (Phi) is 3.90. The molecule has 5 rings (SSSR count). The minimum atomic E-state index is -1.06. The van der Waals surface area contributed by atoms with Gasteiger partial charge in [-0.25, -0.2) is 9.97 Å². The summed E-state index contributed by atoms with van der Waals surface area (Å²) in [5.41, 5.74) is 5.66. The largest absolute Gasteiger partial charge is 0.320 e. The standard InChI is InChI=1S/C22H19N3OS/c1-27(26)22-12-8-17(14-23-22)16-7-9-18-20(13-16)25-19(10-11-21(25)24-18)15-5-3-2-4-6-15/h2-9,12-14,19H,10-11H2,1H3/t19-,27?/m1/s1. The summed E-state index contributed by atoms with van der Waals surface area (Å²) in [5.74, 6) is 1.16. The van der Waals surface area contributed by atoms with E-state index in [1.54, 1.807) is 12.5 Å². The fourth-order valence-electron chi connectivity index (χ4n) is 3.95. The highest BCUT2D eigenvalue weighted by molar-refractivity contribution is 7.84. The van der Waals surface area contributed by atoms with Gasteiger partial charge < -0.3 is 4.57 Å². The number of pyridine rings is 1. The number of fused-ring (bicyclic) bond motifs is 3. The van der Waals surface area contributed by atoms with Crippen molar-refractivity contribution in [2.75, 3.05) is 6.26 Å². The zero-order valence-electron chi connectivity index (χ0n) is 15.0. The molecule has 1 aliphatic rings. The third kappa shape index (κ3) is 2.79. The summed E-state index contributed by atoms with van der Waals surface area (Å²) in [5, 5.41) is 0.606. The molecule has 0 radical (unpaired) electrons. The molecule has 0 spiro atoms. The topological polar surface area (TPSA) is 47.8 Å². The van der Waals surface area contributed by atoms with Gasteiger partial charge in [0, 0.05) is 24.4 Å². The number of aromatic nitrogens is 3. The molecule has 2 atom stereocenters. The van der Waals surface area contributed by atoms with Crippen molar-refractivity contribution in [3.8, 4) is 11.1 Å². The second-order valence-electron chi connectivity index (χ2n) is 6.91. The maximum Gasteiger partial charge on any atom is 0.126 e. The quantitative estimate of drug-likeness (QED) is 0.536. The van der Waals surface area contributed by atoms with Gasteiger partial charge in [-0.2, -0.15) is 0 Å². The lowest BCUT2D eigenvalue weighted by Crippen LogP contribution is -2.05. The molecular weight excluding hydrogens is 354 g/mol. The Morgan fingerprint density at radius 3 is 2.59 bits per heavy atom. The van der Waals surface area contributed by atoms with Gasteiger partial charge >= 0.3 is 0 Å². The van der Waals surface area contributed by atoms with Crippen molar-refractivity contribution >= 4 is 21.8 Å². The fraction of sp³-hybridized carbons (Fsp3) is 0.182. The van der Waals surface area contributed by atoms with Gasteiger partial charge in [0.2, 0.25) is 0 Å². The third-order valence-corrected chi connectivity index (χ3v) is 6.09. The molecule has 3 heterocycles. The van der Waals surface area contributed by atoms with Gasteiger partial charge in [0.1, 0.15) is 10.9 Å². The van der Waals surface area contributed by atoms with Crippen molar-refractivity contribution in [3.63, 3.8) is 0 Å². The summed E-state index contributed by atoms with van der Waals surface area (Å²) in [6.45, 7) is 0. The van der Waals surface area contributed by atoms with Gasteiger partial charge in [-0.1, -0.05) is 42.5 Å². The molecule has 0 bridgehead atoms. The molecule has 0 saturated carbocycles. The number of hydrogen-bond donors (Lipinski definition) is 0. The van der Waals surface area contributed by atoms with E-state index in [9.17, 15) is 4.21 Å². The van der Waals surface area contributed by atoms with Crippen LogP contribution in [0.1, 0.15) is 23.9 Å². The van der Waals surface area contributed by atoms with Crippen LogP contribution in [0.2, 0.25) is 0 Å². The van der Waals surface area contributed by atoms with Crippen LogP contribution in [0.5, 0.6) is 0 Å². The molecule has 0 N–H and O–H groups in total. The lowest BCUT2D eigenvalue weighted by molar-refractivity contribution is 0.637. The van der Waals surface area contributed by atoms with E-state index in [0.717, 1.165) is 40.8 Å². The van der Waals surface area contributed by atoms with E-state index >= 15 is 0 Å². The van der Waals surface area contributed by atoms with Gasteiger partial charge in [-0.15, -0.1) is 0 Å². The molecule has 1 unspecified atom stereocenters. The van der Waals surface area contributed by atoms with Crippen molar-refractivity contribution in [2.24, 2.45) is 0 Å². The second kappa shape index (κ2) is 6.43. The molecule has 5 heteroatoms. The molecule has 1 aliphatic heterocycles. The fourth-order valence-corrected chi connectivity index (χ4v) is 4.41. The second-order valence-corrected chi connectivity index (χ2v) is 8.23. The lowest BCUT2D eigenvalue weighted by Gasteiger charge is -2.15. The van der Waals surface area contributed by atoms with Crippen LogP contribution < -0.4 is 0 Å². The SMILES string of the molecule is CS(=O)c1ccc(-c2ccc3nc4n(c3c2)[C@@H](c2ccccc2)CC4)cn1. The Balaban J connectivity index is 1.61. The van der Waals surface area contributed by atoms with E-state index in [4.69, 9.17) is 4.98 Å². The molecule has 0 aliphatic carbocycles. The van der Waals surface area contributed by atoms with E-state index < -0.39 is 10.8 Å². The maximum atomic E-state index is 11.6. The summed E-state index contributed by atoms with van der Waals surface area (Å²) in [6, 6.07) is 21.2. The van der Waals surface area contributed by atoms with Crippen molar-refractivity contribution in [1.29, 1.82) is 0 Å². The number of rotatable bonds is 3. The minimum Gasteiger partial charge on any atom is -0.320 e. The highest BCUT2D eigenvalue weighted by atomic mass is 32.2. The van der Waals surface area contributed by atoms with E-state index in [0.29, 0.717) is 11.1 Å². The van der Waals surface area contributed by atoms with Gasteiger partial charge in [-0.05, 0) is 35.7 Å². The predicted molar refractivity (Wildman–Crippen MR) is 108 cm³/mol. The summed E-state index contributed by atoms with van der Waals surface area (Å²) in [7, 11) is -1.06. The molecule has 2 aromatic heterocycles. The number of benzene rings is 2. The number of imidazole rings is 1. The first-order chi connectivity index (χ1) is 13.2. The van der Waals surface area contributed by atoms with Crippen LogP contribution in [0.15, 0.2) is 71.9 Å². The smallest absolute Gasteiger partial charge is 0.126 e. The van der Waals surface area contributed by atoms with Crippen LogP contribution >= 0.6 is 0 Å². The average Bonchev–Trinajstić information content (AvgIpc) is 3.27. The summed E-state index contributed by atoms with van der Waals surface area (Å²) < 4.78 is 14.0. The first-order valence-corrected chi connectivity index (χ1v) is 10.6. The van der Waals surface area contributed by atoms with Gasteiger partial charge in [-0.3, -0.25) is 4.21 Å². The zero-order chi connectivity index (χ0) is 18.4. The highest BCUT2D eigenvalue weighted by Gasteiger charge is 2.27. The van der Waals surface area contributed by atoms with Gasteiger partial charge in [0.25, 0.3) is 0 Å².